The van der Waals surface area contributed by atoms with Crippen LogP contribution >= 0.6 is 11.6 Å². The van der Waals surface area contributed by atoms with Crippen molar-refractivity contribution in [3.63, 3.8) is 0 Å². The number of hydrogen-bond donors (Lipinski definition) is 0. The molecule has 2 fully saturated rings. The number of methoxy groups -OCH3 is 3. The third kappa shape index (κ3) is 15.6. The van der Waals surface area contributed by atoms with E-state index in [2.05, 4.69) is 55.0 Å². The van der Waals surface area contributed by atoms with Crippen LogP contribution in [-0.2, 0) is 36.9 Å². The third-order valence-electron chi connectivity index (χ3n) is 13.6. The first-order valence-corrected chi connectivity index (χ1v) is 26.7. The van der Waals surface area contributed by atoms with E-state index in [1.807, 2.05) is 42.1 Å². The summed E-state index contributed by atoms with van der Waals surface area (Å²) in [5.41, 5.74) is 6.98. The Balaban J connectivity index is 1.11. The van der Waals surface area contributed by atoms with E-state index in [1.165, 1.54) is 22.8 Å². The van der Waals surface area contributed by atoms with Gasteiger partial charge in [0.1, 0.15) is 13.2 Å². The van der Waals surface area contributed by atoms with Gasteiger partial charge in [-0.15, -0.1) is 0 Å². The summed E-state index contributed by atoms with van der Waals surface area (Å²) in [6.07, 6.45) is 9.36. The van der Waals surface area contributed by atoms with E-state index in [4.69, 9.17) is 59.7 Å². The van der Waals surface area contributed by atoms with Crippen LogP contribution in [0.5, 0.6) is 23.0 Å². The van der Waals surface area contributed by atoms with Crippen LogP contribution < -0.4 is 23.8 Å². The van der Waals surface area contributed by atoms with Crippen LogP contribution in [0.15, 0.2) is 75.7 Å². The molecule has 0 bridgehead atoms. The number of fused-ring (bicyclic) bond motifs is 4. The Morgan fingerprint density at radius 3 is 1.53 bits per heavy atom. The van der Waals surface area contributed by atoms with Crippen molar-refractivity contribution in [2.24, 2.45) is 9.98 Å². The Morgan fingerprint density at radius 2 is 1.09 bits per heavy atom. The molecule has 3 aromatic carbocycles. The van der Waals surface area contributed by atoms with Gasteiger partial charge in [0.05, 0.1) is 108 Å². The lowest BCUT2D eigenvalue weighted by Gasteiger charge is -2.29. The van der Waals surface area contributed by atoms with Gasteiger partial charge in [0.15, 0.2) is 30.1 Å². The molecule has 2 amide bonds. The topological polar surface area (TPSA) is 155 Å². The van der Waals surface area contributed by atoms with Gasteiger partial charge in [0.2, 0.25) is 0 Å². The standard InChI is InChI=1S/C56H75BN6O11S/c1-9-39-24-44-32-58-48-30-52(50(67-7)28-46(48)54(64)62(44)34-39)73-36-41-23-42(37-74-53-31-49-47(29-51(53)68-8)55(65)63-35-40(10-2)25-45(63)33-59-49)27-43(26-41)61(13-16-71-21-22-72-18-17-66-6)12-15-70-20-19-69-14-11-60(5)38-56(3,4)75-57/h9-10,23,26-33,44-45H,11-22,24-25,34-38H2,1-8H3/b39-9+,40-10+/t44-,45?/m0/s1. The molecule has 4 heterocycles. The summed E-state index contributed by atoms with van der Waals surface area (Å²) in [5, 5.41) is 0. The van der Waals surface area contributed by atoms with Crippen molar-refractivity contribution in [2.75, 3.05) is 132 Å². The number of benzene rings is 3. The van der Waals surface area contributed by atoms with Crippen molar-refractivity contribution >= 4 is 60.0 Å². The summed E-state index contributed by atoms with van der Waals surface area (Å²) in [4.78, 5) is 45.4. The van der Waals surface area contributed by atoms with E-state index >= 15 is 0 Å². The fraction of sp³-hybridized carbons (Fsp3) is 0.536. The second-order valence-corrected chi connectivity index (χ2v) is 20.9. The van der Waals surface area contributed by atoms with Crippen LogP contribution in [0.1, 0.15) is 72.4 Å². The van der Waals surface area contributed by atoms with Gasteiger partial charge in [-0.3, -0.25) is 19.6 Å². The van der Waals surface area contributed by atoms with Crippen molar-refractivity contribution in [3.05, 3.63) is 88.0 Å². The fourth-order valence-corrected chi connectivity index (χ4v) is 9.73. The van der Waals surface area contributed by atoms with Gasteiger partial charge >= 0.3 is 0 Å². The number of nitrogens with zero attached hydrogens (tertiary/aromatic N) is 6. The second-order valence-electron chi connectivity index (χ2n) is 19.5. The molecular weight excluding hydrogens is 976 g/mol. The number of amides is 2. The molecule has 2 radical (unpaired) electrons. The Kier molecular flexibility index (Phi) is 21.5. The highest BCUT2D eigenvalue weighted by Gasteiger charge is 2.36. The molecule has 3 aromatic rings. The number of carbonyl (C=O) groups is 2. The lowest BCUT2D eigenvalue weighted by atomic mass is 10.1. The molecule has 1 unspecified atom stereocenters. The molecule has 75 heavy (non-hydrogen) atoms. The predicted octanol–water partition coefficient (Wildman–Crippen LogP) is 7.66. The van der Waals surface area contributed by atoms with Crippen molar-refractivity contribution in [2.45, 2.75) is 70.6 Å². The molecule has 7 rings (SSSR count). The first-order chi connectivity index (χ1) is 36.4. The Morgan fingerprint density at radius 1 is 0.640 bits per heavy atom. The molecule has 0 aromatic heterocycles. The highest BCUT2D eigenvalue weighted by atomic mass is 32.2. The summed E-state index contributed by atoms with van der Waals surface area (Å²) < 4.78 is 53.7. The minimum atomic E-state index is -0.113. The molecule has 0 N–H and O–H groups in total. The molecule has 4 aliphatic rings. The van der Waals surface area contributed by atoms with E-state index in [9.17, 15) is 9.59 Å². The number of carbonyl (C=O) groups excluding carboxylic acids is 2. The normalized spacial score (nSPS) is 18.1. The number of likely N-dealkylation sites (N-methyl/N-ethyl adjacent to an activating group) is 1. The van der Waals surface area contributed by atoms with E-state index in [-0.39, 0.29) is 41.9 Å². The van der Waals surface area contributed by atoms with Crippen molar-refractivity contribution in [1.82, 2.24) is 14.7 Å². The molecule has 4 aliphatic heterocycles. The van der Waals surface area contributed by atoms with E-state index < -0.39 is 0 Å². The van der Waals surface area contributed by atoms with Crippen molar-refractivity contribution in [3.8, 4) is 23.0 Å². The quantitative estimate of drug-likeness (QED) is 0.0365. The number of rotatable bonds is 30. The van der Waals surface area contributed by atoms with Gasteiger partial charge in [0.25, 0.3) is 11.8 Å². The minimum Gasteiger partial charge on any atom is -0.493 e. The zero-order chi connectivity index (χ0) is 53.3. The molecule has 2 saturated heterocycles. The maximum Gasteiger partial charge on any atom is 0.257 e. The summed E-state index contributed by atoms with van der Waals surface area (Å²) in [6, 6.07) is 13.0. The van der Waals surface area contributed by atoms with Crippen LogP contribution in [0.4, 0.5) is 17.1 Å². The van der Waals surface area contributed by atoms with Crippen LogP contribution in [0.2, 0.25) is 0 Å². The van der Waals surface area contributed by atoms with Gasteiger partial charge in [-0.05, 0) is 75.2 Å². The van der Waals surface area contributed by atoms with E-state index in [1.54, 1.807) is 45.6 Å². The van der Waals surface area contributed by atoms with E-state index in [0.717, 1.165) is 42.7 Å². The first kappa shape index (κ1) is 57.3. The number of anilines is 1. The number of ether oxygens (including phenoxy) is 9. The smallest absolute Gasteiger partial charge is 0.257 e. The van der Waals surface area contributed by atoms with Crippen molar-refractivity contribution < 1.29 is 52.2 Å². The third-order valence-corrected chi connectivity index (χ3v) is 14.4. The monoisotopic (exact) mass is 1050 g/mol. The van der Waals surface area contributed by atoms with Crippen LogP contribution in [-0.4, -0.2) is 190 Å². The van der Waals surface area contributed by atoms with Gasteiger partial charge in [-0.2, -0.15) is 0 Å². The molecule has 17 nitrogen and oxygen atoms in total. The SMILES string of the molecule is [B]SC(C)(C)CN(C)CCOCCOCCN(CCOCCOCCOC)c1cc(COc2cc3c(cc2OC)C(=O)N2C/C(=C/C)CC2C=N3)cc(COc2cc3c(cc2OC)C(=O)N2C/C(=C/C)C[C@H]2C=N3)c1. The molecule has 19 heteroatoms. The average Bonchev–Trinajstić information content (AvgIpc) is 3.99. The Labute approximate surface area is 448 Å². The molecule has 2 atom stereocenters. The van der Waals surface area contributed by atoms with Gasteiger partial charge in [-0.25, -0.2) is 11.6 Å². The number of aliphatic imine (C=N–C) groups is 2. The highest BCUT2D eigenvalue weighted by molar-refractivity contribution is 8.20. The summed E-state index contributed by atoms with van der Waals surface area (Å²) in [6.45, 7) is 16.6. The Bertz CT molecular complexity index is 2400. The molecular formula is C56H75BN6O11S. The summed E-state index contributed by atoms with van der Waals surface area (Å²) in [5.74, 6) is 1.56. The van der Waals surface area contributed by atoms with Gasteiger partial charge < -0.3 is 62.2 Å². The van der Waals surface area contributed by atoms with Crippen molar-refractivity contribution in [1.29, 1.82) is 0 Å². The summed E-state index contributed by atoms with van der Waals surface area (Å²) in [7, 11) is 12.7. The Hall–Kier alpha value is -5.41. The second kappa shape index (κ2) is 28.1. The van der Waals surface area contributed by atoms with Crippen LogP contribution in [0.3, 0.4) is 0 Å². The summed E-state index contributed by atoms with van der Waals surface area (Å²) >= 11 is 1.36. The van der Waals surface area contributed by atoms with Gasteiger partial charge in [0, 0.05) is 81.4 Å². The highest BCUT2D eigenvalue weighted by Crippen LogP contribution is 2.41. The number of hydrogen-bond acceptors (Lipinski definition) is 16. The number of allylic oxidation sites excluding steroid dienone is 2. The minimum absolute atomic E-state index is 0.0440. The lowest BCUT2D eigenvalue weighted by Crippen LogP contribution is -2.36. The zero-order valence-electron chi connectivity index (χ0n) is 45.1. The van der Waals surface area contributed by atoms with Gasteiger partial charge in [-0.1, -0.05) is 37.1 Å². The zero-order valence-corrected chi connectivity index (χ0v) is 45.9. The molecule has 0 aliphatic carbocycles. The fourth-order valence-electron chi connectivity index (χ4n) is 9.44. The molecule has 0 saturated carbocycles. The van der Waals surface area contributed by atoms with Crippen LogP contribution in [0.25, 0.3) is 0 Å². The first-order valence-electron chi connectivity index (χ1n) is 25.8. The largest absolute Gasteiger partial charge is 0.493 e. The molecule has 404 valence electrons. The predicted molar refractivity (Wildman–Crippen MR) is 296 cm³/mol. The average molecular weight is 1050 g/mol. The van der Waals surface area contributed by atoms with Crippen LogP contribution in [0, 0.1) is 0 Å². The molecule has 0 spiro atoms. The van der Waals surface area contributed by atoms with E-state index in [0.29, 0.717) is 131 Å². The maximum absolute atomic E-state index is 13.9. The maximum atomic E-state index is 13.9. The lowest BCUT2D eigenvalue weighted by molar-refractivity contribution is 0.0257.